The minimum absolute atomic E-state index is 0.00216. The third-order valence-electron chi connectivity index (χ3n) is 3.86. The molecular weight excluding hydrogens is 248 g/mol. The SMILES string of the molecule is CC(C)Cc1ccc(C(C)NC(=O)C2CCCN2)cc1. The number of nitrogens with one attached hydrogen (secondary N) is 2. The van der Waals surface area contributed by atoms with Crippen LogP contribution in [-0.2, 0) is 11.2 Å². The Labute approximate surface area is 122 Å². The van der Waals surface area contributed by atoms with E-state index in [2.05, 4.69) is 48.7 Å². The van der Waals surface area contributed by atoms with E-state index in [1.807, 2.05) is 6.92 Å². The van der Waals surface area contributed by atoms with Crippen molar-refractivity contribution in [2.75, 3.05) is 6.54 Å². The van der Waals surface area contributed by atoms with Gasteiger partial charge in [0.05, 0.1) is 12.1 Å². The first kappa shape index (κ1) is 15.0. The van der Waals surface area contributed by atoms with E-state index < -0.39 is 0 Å². The van der Waals surface area contributed by atoms with Crippen LogP contribution in [0, 0.1) is 5.92 Å². The third-order valence-corrected chi connectivity index (χ3v) is 3.86. The fraction of sp³-hybridized carbons (Fsp3) is 0.588. The van der Waals surface area contributed by atoms with Crippen LogP contribution in [0.3, 0.4) is 0 Å². The Morgan fingerprint density at radius 2 is 2.00 bits per heavy atom. The summed E-state index contributed by atoms with van der Waals surface area (Å²) < 4.78 is 0. The summed E-state index contributed by atoms with van der Waals surface area (Å²) in [4.78, 5) is 12.1. The molecule has 0 bridgehead atoms. The Morgan fingerprint density at radius 3 is 2.55 bits per heavy atom. The lowest BCUT2D eigenvalue weighted by Crippen LogP contribution is -2.41. The van der Waals surface area contributed by atoms with E-state index in [4.69, 9.17) is 0 Å². The Bertz CT molecular complexity index is 433. The first-order valence-electron chi connectivity index (χ1n) is 7.69. The molecule has 1 saturated heterocycles. The molecule has 20 heavy (non-hydrogen) atoms. The van der Waals surface area contributed by atoms with E-state index in [0.717, 1.165) is 25.8 Å². The highest BCUT2D eigenvalue weighted by Crippen LogP contribution is 2.16. The van der Waals surface area contributed by atoms with Gasteiger partial charge in [-0.2, -0.15) is 0 Å². The molecule has 1 heterocycles. The Morgan fingerprint density at radius 1 is 1.30 bits per heavy atom. The van der Waals surface area contributed by atoms with Gasteiger partial charge in [0.25, 0.3) is 0 Å². The predicted octanol–water partition coefficient (Wildman–Crippen LogP) is 2.81. The second-order valence-corrected chi connectivity index (χ2v) is 6.22. The van der Waals surface area contributed by atoms with Crippen molar-refractivity contribution in [2.24, 2.45) is 5.92 Å². The molecule has 0 radical (unpaired) electrons. The van der Waals surface area contributed by atoms with Crippen molar-refractivity contribution in [2.45, 2.75) is 52.1 Å². The van der Waals surface area contributed by atoms with E-state index in [0.29, 0.717) is 5.92 Å². The van der Waals surface area contributed by atoms with Gasteiger partial charge in [-0.1, -0.05) is 38.1 Å². The fourth-order valence-electron chi connectivity index (χ4n) is 2.72. The van der Waals surface area contributed by atoms with E-state index >= 15 is 0 Å². The molecular formula is C17H26N2O. The summed E-state index contributed by atoms with van der Waals surface area (Å²) in [5.41, 5.74) is 2.53. The summed E-state index contributed by atoms with van der Waals surface area (Å²) in [6.45, 7) is 7.46. The number of rotatable bonds is 5. The van der Waals surface area contributed by atoms with Crippen LogP contribution in [0.4, 0.5) is 0 Å². The van der Waals surface area contributed by atoms with Crippen molar-refractivity contribution in [3.8, 4) is 0 Å². The van der Waals surface area contributed by atoms with Crippen LogP contribution in [-0.4, -0.2) is 18.5 Å². The summed E-state index contributed by atoms with van der Waals surface area (Å²) in [6, 6.07) is 8.67. The number of hydrogen-bond acceptors (Lipinski definition) is 2. The van der Waals surface area contributed by atoms with Crippen LogP contribution in [0.2, 0.25) is 0 Å². The Balaban J connectivity index is 1.91. The molecule has 3 heteroatoms. The smallest absolute Gasteiger partial charge is 0.237 e. The van der Waals surface area contributed by atoms with Gasteiger partial charge in [-0.05, 0) is 49.8 Å². The maximum Gasteiger partial charge on any atom is 0.237 e. The second-order valence-electron chi connectivity index (χ2n) is 6.22. The molecule has 0 saturated carbocycles. The average Bonchev–Trinajstić information content (AvgIpc) is 2.92. The van der Waals surface area contributed by atoms with Crippen molar-refractivity contribution in [3.05, 3.63) is 35.4 Å². The van der Waals surface area contributed by atoms with Crippen LogP contribution in [0.1, 0.15) is 50.8 Å². The second kappa shape index (κ2) is 6.89. The zero-order chi connectivity index (χ0) is 14.5. The Kier molecular flexibility index (Phi) is 5.18. The van der Waals surface area contributed by atoms with Crippen LogP contribution in [0.5, 0.6) is 0 Å². The molecule has 1 aliphatic heterocycles. The molecule has 1 aromatic rings. The van der Waals surface area contributed by atoms with Gasteiger partial charge in [-0.25, -0.2) is 0 Å². The molecule has 2 N–H and O–H groups in total. The molecule has 110 valence electrons. The predicted molar refractivity (Wildman–Crippen MR) is 82.6 cm³/mol. The molecule has 1 amide bonds. The minimum Gasteiger partial charge on any atom is -0.348 e. The number of amides is 1. The van der Waals surface area contributed by atoms with Crippen molar-refractivity contribution >= 4 is 5.91 Å². The first-order chi connectivity index (χ1) is 9.56. The molecule has 1 fully saturated rings. The quantitative estimate of drug-likeness (QED) is 0.867. The molecule has 2 unspecified atom stereocenters. The van der Waals surface area contributed by atoms with Crippen molar-refractivity contribution < 1.29 is 4.79 Å². The fourth-order valence-corrected chi connectivity index (χ4v) is 2.72. The van der Waals surface area contributed by atoms with Gasteiger partial charge in [0.15, 0.2) is 0 Å². The summed E-state index contributed by atoms with van der Waals surface area (Å²) in [7, 11) is 0. The van der Waals surface area contributed by atoms with Crippen LogP contribution >= 0.6 is 0 Å². The first-order valence-corrected chi connectivity index (χ1v) is 7.69. The van der Waals surface area contributed by atoms with Gasteiger partial charge in [-0.15, -0.1) is 0 Å². The minimum atomic E-state index is -0.00216. The Hall–Kier alpha value is -1.35. The van der Waals surface area contributed by atoms with Crippen molar-refractivity contribution in [3.63, 3.8) is 0 Å². The summed E-state index contributed by atoms with van der Waals surface area (Å²) in [5.74, 6) is 0.799. The van der Waals surface area contributed by atoms with E-state index in [1.165, 1.54) is 11.1 Å². The van der Waals surface area contributed by atoms with Gasteiger partial charge < -0.3 is 10.6 Å². The number of carbonyl (C=O) groups excluding carboxylic acids is 1. The average molecular weight is 274 g/mol. The van der Waals surface area contributed by atoms with E-state index in [9.17, 15) is 4.79 Å². The number of hydrogen-bond donors (Lipinski definition) is 2. The summed E-state index contributed by atoms with van der Waals surface area (Å²) in [5, 5.41) is 6.33. The number of benzene rings is 1. The molecule has 0 aliphatic carbocycles. The highest BCUT2D eigenvalue weighted by Gasteiger charge is 2.23. The molecule has 2 rings (SSSR count). The lowest BCUT2D eigenvalue weighted by atomic mass is 10.00. The normalized spacial score (nSPS) is 20.1. The van der Waals surface area contributed by atoms with Crippen molar-refractivity contribution in [1.82, 2.24) is 10.6 Å². The largest absolute Gasteiger partial charge is 0.348 e. The highest BCUT2D eigenvalue weighted by atomic mass is 16.2. The molecule has 1 aromatic carbocycles. The molecule has 2 atom stereocenters. The van der Waals surface area contributed by atoms with Crippen LogP contribution < -0.4 is 10.6 Å². The van der Waals surface area contributed by atoms with Crippen molar-refractivity contribution in [1.29, 1.82) is 0 Å². The van der Waals surface area contributed by atoms with E-state index in [1.54, 1.807) is 0 Å². The van der Waals surface area contributed by atoms with Gasteiger partial charge in [0.2, 0.25) is 5.91 Å². The summed E-state index contributed by atoms with van der Waals surface area (Å²) in [6.07, 6.45) is 3.15. The molecule has 0 spiro atoms. The topological polar surface area (TPSA) is 41.1 Å². The van der Waals surface area contributed by atoms with Crippen LogP contribution in [0.25, 0.3) is 0 Å². The molecule has 3 nitrogen and oxygen atoms in total. The monoisotopic (exact) mass is 274 g/mol. The maximum atomic E-state index is 12.1. The van der Waals surface area contributed by atoms with Gasteiger partial charge >= 0.3 is 0 Å². The lowest BCUT2D eigenvalue weighted by molar-refractivity contribution is -0.123. The van der Waals surface area contributed by atoms with Gasteiger partial charge in [-0.3, -0.25) is 4.79 Å². The number of carbonyl (C=O) groups is 1. The van der Waals surface area contributed by atoms with Crippen LogP contribution in [0.15, 0.2) is 24.3 Å². The maximum absolute atomic E-state index is 12.1. The standard InChI is InChI=1S/C17H26N2O/c1-12(2)11-14-6-8-15(9-7-14)13(3)19-17(20)16-5-4-10-18-16/h6-9,12-13,16,18H,4-5,10-11H2,1-3H3,(H,19,20). The van der Waals surface area contributed by atoms with Gasteiger partial charge in [0.1, 0.15) is 0 Å². The lowest BCUT2D eigenvalue weighted by Gasteiger charge is -2.18. The third kappa shape index (κ3) is 4.07. The van der Waals surface area contributed by atoms with Gasteiger partial charge in [0, 0.05) is 0 Å². The molecule has 1 aliphatic rings. The van der Waals surface area contributed by atoms with E-state index in [-0.39, 0.29) is 18.0 Å². The zero-order valence-electron chi connectivity index (χ0n) is 12.8. The molecule has 0 aromatic heterocycles. The highest BCUT2D eigenvalue weighted by molar-refractivity contribution is 5.82. The summed E-state index contributed by atoms with van der Waals surface area (Å²) >= 11 is 0. The zero-order valence-corrected chi connectivity index (χ0v) is 12.8.